The Morgan fingerprint density at radius 3 is 2.53 bits per heavy atom. The van der Waals surface area contributed by atoms with Crippen LogP contribution in [0.15, 0.2) is 40.2 Å². The second kappa shape index (κ2) is 5.94. The number of nitrogens with one attached hydrogen (secondary N) is 2. The fourth-order valence-electron chi connectivity index (χ4n) is 1.55. The number of para-hydroxylation sites is 2. The largest absolute Gasteiger partial charge is 0.378 e. The van der Waals surface area contributed by atoms with Crippen molar-refractivity contribution >= 4 is 48.7 Å². The van der Waals surface area contributed by atoms with Crippen LogP contribution in [0.3, 0.4) is 0 Å². The molecule has 0 saturated heterocycles. The zero-order valence-electron chi connectivity index (χ0n) is 10.2. The summed E-state index contributed by atoms with van der Waals surface area (Å²) in [6.45, 7) is 0.652. The first-order valence-corrected chi connectivity index (χ1v) is 9.04. The van der Waals surface area contributed by atoms with Crippen molar-refractivity contribution in [1.29, 1.82) is 0 Å². The van der Waals surface area contributed by atoms with Gasteiger partial charge in [0.25, 0.3) is 0 Å². The molecule has 0 spiro atoms. The maximum absolute atomic E-state index is 11.3. The number of hydrogen-bond acceptors (Lipinski definition) is 4. The van der Waals surface area contributed by atoms with Gasteiger partial charge in [0, 0.05) is 21.3 Å². The van der Waals surface area contributed by atoms with Crippen LogP contribution in [-0.2, 0) is 16.6 Å². The molecule has 1 aromatic heterocycles. The van der Waals surface area contributed by atoms with Crippen LogP contribution in [0.5, 0.6) is 0 Å². The lowest BCUT2D eigenvalue weighted by Crippen LogP contribution is -2.11. The van der Waals surface area contributed by atoms with Crippen LogP contribution in [-0.4, -0.2) is 14.7 Å². The lowest BCUT2D eigenvalue weighted by atomic mass is 10.2. The van der Waals surface area contributed by atoms with Gasteiger partial charge in [-0.05, 0) is 34.1 Å². The van der Waals surface area contributed by atoms with E-state index in [1.54, 1.807) is 23.5 Å². The Morgan fingerprint density at radius 2 is 1.95 bits per heavy atom. The Bertz CT molecular complexity index is 668. The third-order valence-electron chi connectivity index (χ3n) is 2.30. The van der Waals surface area contributed by atoms with Crippen molar-refractivity contribution in [2.45, 2.75) is 6.54 Å². The van der Waals surface area contributed by atoms with E-state index in [2.05, 4.69) is 26.0 Å². The van der Waals surface area contributed by atoms with E-state index >= 15 is 0 Å². The normalized spacial score (nSPS) is 11.3. The molecule has 0 aliphatic carbocycles. The fraction of sp³-hybridized carbons (Fsp3) is 0.167. The smallest absolute Gasteiger partial charge is 0.229 e. The molecule has 2 N–H and O–H groups in total. The maximum atomic E-state index is 11.3. The Balaban J connectivity index is 2.11. The molecule has 0 atom stereocenters. The zero-order valence-corrected chi connectivity index (χ0v) is 13.4. The summed E-state index contributed by atoms with van der Waals surface area (Å²) in [5, 5.41) is 5.24. The van der Waals surface area contributed by atoms with E-state index in [-0.39, 0.29) is 0 Å². The van der Waals surface area contributed by atoms with Crippen LogP contribution >= 0.6 is 27.3 Å². The van der Waals surface area contributed by atoms with Crippen molar-refractivity contribution in [2.24, 2.45) is 0 Å². The molecular weight excluding hydrogens is 348 g/mol. The molecule has 0 saturated carbocycles. The van der Waals surface area contributed by atoms with Gasteiger partial charge in [0.05, 0.1) is 17.6 Å². The summed E-state index contributed by atoms with van der Waals surface area (Å²) in [4.78, 5) is 1.17. The number of benzene rings is 1. The Hall–Kier alpha value is -1.05. The second-order valence-electron chi connectivity index (χ2n) is 4.00. The summed E-state index contributed by atoms with van der Waals surface area (Å²) >= 11 is 5.04. The third kappa shape index (κ3) is 4.52. The van der Waals surface area contributed by atoms with Gasteiger partial charge in [-0.15, -0.1) is 11.3 Å². The van der Waals surface area contributed by atoms with E-state index in [1.165, 1.54) is 4.88 Å². The van der Waals surface area contributed by atoms with Gasteiger partial charge in [-0.2, -0.15) is 0 Å². The molecule has 0 amide bonds. The highest BCUT2D eigenvalue weighted by atomic mass is 79.9. The average Bonchev–Trinajstić information content (AvgIpc) is 2.72. The van der Waals surface area contributed by atoms with E-state index in [9.17, 15) is 8.42 Å². The van der Waals surface area contributed by atoms with Crippen LogP contribution < -0.4 is 10.0 Å². The summed E-state index contributed by atoms with van der Waals surface area (Å²) in [6, 6.07) is 9.26. The lowest BCUT2D eigenvalue weighted by molar-refractivity contribution is 0.607. The monoisotopic (exact) mass is 360 g/mol. The molecule has 0 radical (unpaired) electrons. The molecule has 0 unspecified atom stereocenters. The molecule has 0 fully saturated rings. The molecule has 0 aliphatic rings. The number of anilines is 2. The molecule has 1 heterocycles. The maximum Gasteiger partial charge on any atom is 0.229 e. The molecule has 1 aromatic carbocycles. The summed E-state index contributed by atoms with van der Waals surface area (Å²) in [6.07, 6.45) is 1.14. The lowest BCUT2D eigenvalue weighted by Gasteiger charge is -2.11. The predicted molar refractivity (Wildman–Crippen MR) is 84.3 cm³/mol. The van der Waals surface area contributed by atoms with Gasteiger partial charge in [-0.1, -0.05) is 12.1 Å². The zero-order chi connectivity index (χ0) is 13.9. The Labute approximate surface area is 125 Å². The summed E-state index contributed by atoms with van der Waals surface area (Å²) in [5.41, 5.74) is 1.32. The molecule has 7 heteroatoms. The first kappa shape index (κ1) is 14.4. The average molecular weight is 361 g/mol. The van der Waals surface area contributed by atoms with Crippen LogP contribution in [0.1, 0.15) is 4.88 Å². The first-order valence-electron chi connectivity index (χ1n) is 5.47. The van der Waals surface area contributed by atoms with Gasteiger partial charge in [0.15, 0.2) is 0 Å². The first-order chi connectivity index (χ1) is 8.94. The van der Waals surface area contributed by atoms with Crippen molar-refractivity contribution in [3.63, 3.8) is 0 Å². The Morgan fingerprint density at radius 1 is 1.26 bits per heavy atom. The fourth-order valence-corrected chi connectivity index (χ4v) is 3.52. The molecule has 2 aromatic rings. The van der Waals surface area contributed by atoms with Crippen molar-refractivity contribution in [3.05, 3.63) is 45.1 Å². The number of sulfonamides is 1. The van der Waals surface area contributed by atoms with Crippen molar-refractivity contribution < 1.29 is 8.42 Å². The summed E-state index contributed by atoms with van der Waals surface area (Å²) < 4.78 is 26.1. The van der Waals surface area contributed by atoms with Crippen molar-refractivity contribution in [2.75, 3.05) is 16.3 Å². The summed E-state index contributed by atoms with van der Waals surface area (Å²) in [5.74, 6) is 0. The van der Waals surface area contributed by atoms with E-state index in [0.717, 1.165) is 16.4 Å². The van der Waals surface area contributed by atoms with Crippen LogP contribution in [0.2, 0.25) is 0 Å². The quantitative estimate of drug-likeness (QED) is 0.857. The SMILES string of the molecule is CS(=O)(=O)Nc1ccccc1NCc1cc(Br)cs1. The highest BCUT2D eigenvalue weighted by molar-refractivity contribution is 9.10. The minimum atomic E-state index is -3.27. The van der Waals surface area contributed by atoms with Crippen molar-refractivity contribution in [3.8, 4) is 0 Å². The van der Waals surface area contributed by atoms with Crippen molar-refractivity contribution in [1.82, 2.24) is 0 Å². The van der Waals surface area contributed by atoms with Gasteiger partial charge < -0.3 is 5.32 Å². The van der Waals surface area contributed by atoms with Crippen LogP contribution in [0, 0.1) is 0 Å². The Kier molecular flexibility index (Phi) is 4.49. The van der Waals surface area contributed by atoms with Gasteiger partial charge in [0.2, 0.25) is 10.0 Å². The number of hydrogen-bond donors (Lipinski definition) is 2. The third-order valence-corrected chi connectivity index (χ3v) is 4.59. The highest BCUT2D eigenvalue weighted by Gasteiger charge is 2.07. The molecule has 2 rings (SSSR count). The van der Waals surface area contributed by atoms with E-state index in [4.69, 9.17) is 0 Å². The molecule has 102 valence electrons. The van der Waals surface area contributed by atoms with Crippen LogP contribution in [0.4, 0.5) is 11.4 Å². The number of halogens is 1. The molecule has 0 bridgehead atoms. The molecule has 0 aliphatic heterocycles. The van der Waals surface area contributed by atoms with E-state index in [0.29, 0.717) is 12.2 Å². The molecule has 19 heavy (non-hydrogen) atoms. The van der Waals surface area contributed by atoms with E-state index < -0.39 is 10.0 Å². The van der Waals surface area contributed by atoms with Gasteiger partial charge in [0.1, 0.15) is 0 Å². The predicted octanol–water partition coefficient (Wildman–Crippen LogP) is 3.49. The van der Waals surface area contributed by atoms with Gasteiger partial charge in [-0.3, -0.25) is 4.72 Å². The van der Waals surface area contributed by atoms with Crippen LogP contribution in [0.25, 0.3) is 0 Å². The van der Waals surface area contributed by atoms with Gasteiger partial charge in [-0.25, -0.2) is 8.42 Å². The summed E-state index contributed by atoms with van der Waals surface area (Å²) in [7, 11) is -3.27. The standard InChI is InChI=1S/C12H13BrN2O2S2/c1-19(16,17)15-12-5-3-2-4-11(12)14-7-10-6-9(13)8-18-10/h2-6,8,14-15H,7H2,1H3. The molecule has 4 nitrogen and oxygen atoms in total. The topological polar surface area (TPSA) is 58.2 Å². The number of rotatable bonds is 5. The van der Waals surface area contributed by atoms with E-state index in [1.807, 2.05) is 23.6 Å². The number of thiophene rings is 1. The second-order valence-corrected chi connectivity index (χ2v) is 7.66. The minimum absolute atomic E-state index is 0.556. The highest BCUT2D eigenvalue weighted by Crippen LogP contribution is 2.25. The minimum Gasteiger partial charge on any atom is -0.378 e. The molecular formula is C12H13BrN2O2S2. The van der Waals surface area contributed by atoms with Gasteiger partial charge >= 0.3 is 0 Å².